The molecule has 4 rings (SSSR count). The van der Waals surface area contributed by atoms with Gasteiger partial charge in [-0.05, 0) is 58.0 Å². The Labute approximate surface area is 194 Å². The van der Waals surface area contributed by atoms with Crippen molar-refractivity contribution in [2.75, 3.05) is 0 Å². The quantitative estimate of drug-likeness (QED) is 0.301. The van der Waals surface area contributed by atoms with Crippen molar-refractivity contribution in [1.82, 2.24) is 15.2 Å². The molecular weight excluding hydrogens is 408 g/mol. The maximum absolute atomic E-state index is 12.5. The molecule has 3 aromatic carbocycles. The second kappa shape index (κ2) is 9.25. The van der Waals surface area contributed by atoms with Crippen LogP contribution in [0.1, 0.15) is 42.4 Å². The Morgan fingerprint density at radius 1 is 0.909 bits per heavy atom. The SMILES string of the molecule is C/C(=N\NC(=O)c1ccccc1)C(C)(C)c1cc(-c2ccc(C)cc2)nn1-c1ccccc1. The summed E-state index contributed by atoms with van der Waals surface area (Å²) in [6.07, 6.45) is 0. The third kappa shape index (κ3) is 4.77. The lowest BCUT2D eigenvalue weighted by atomic mass is 9.84. The first kappa shape index (κ1) is 22.2. The summed E-state index contributed by atoms with van der Waals surface area (Å²) in [5.74, 6) is -0.234. The van der Waals surface area contributed by atoms with Crippen molar-refractivity contribution >= 4 is 11.6 Å². The maximum Gasteiger partial charge on any atom is 0.271 e. The summed E-state index contributed by atoms with van der Waals surface area (Å²) < 4.78 is 1.97. The summed E-state index contributed by atoms with van der Waals surface area (Å²) >= 11 is 0. The van der Waals surface area contributed by atoms with Crippen molar-refractivity contribution < 1.29 is 4.79 Å². The summed E-state index contributed by atoms with van der Waals surface area (Å²) in [5.41, 5.74) is 8.67. The molecule has 0 aliphatic rings. The maximum atomic E-state index is 12.5. The number of para-hydroxylation sites is 1. The Balaban J connectivity index is 1.72. The van der Waals surface area contributed by atoms with E-state index in [0.717, 1.165) is 28.4 Å². The van der Waals surface area contributed by atoms with Gasteiger partial charge in [-0.15, -0.1) is 0 Å². The summed E-state index contributed by atoms with van der Waals surface area (Å²) in [6, 6.07) is 29.6. The van der Waals surface area contributed by atoms with E-state index in [1.807, 2.05) is 60.1 Å². The van der Waals surface area contributed by atoms with Crippen LogP contribution in [0, 0.1) is 6.92 Å². The van der Waals surface area contributed by atoms with Crippen LogP contribution in [0.3, 0.4) is 0 Å². The van der Waals surface area contributed by atoms with Crippen LogP contribution < -0.4 is 5.43 Å². The van der Waals surface area contributed by atoms with Gasteiger partial charge in [0.15, 0.2) is 0 Å². The summed E-state index contributed by atoms with van der Waals surface area (Å²) in [7, 11) is 0. The number of aromatic nitrogens is 2. The van der Waals surface area contributed by atoms with Gasteiger partial charge in [0.1, 0.15) is 0 Å². The van der Waals surface area contributed by atoms with Gasteiger partial charge < -0.3 is 0 Å². The lowest BCUT2D eigenvalue weighted by Gasteiger charge is -2.25. The minimum Gasteiger partial charge on any atom is -0.267 e. The van der Waals surface area contributed by atoms with Crippen molar-refractivity contribution in [2.45, 2.75) is 33.1 Å². The molecule has 0 saturated carbocycles. The van der Waals surface area contributed by atoms with Gasteiger partial charge >= 0.3 is 0 Å². The van der Waals surface area contributed by atoms with Crippen LogP contribution in [-0.4, -0.2) is 21.4 Å². The molecule has 33 heavy (non-hydrogen) atoms. The molecule has 1 N–H and O–H groups in total. The number of hydrogen-bond acceptors (Lipinski definition) is 3. The highest BCUT2D eigenvalue weighted by molar-refractivity contribution is 5.97. The van der Waals surface area contributed by atoms with Gasteiger partial charge in [-0.3, -0.25) is 4.79 Å². The molecule has 0 atom stereocenters. The third-order valence-corrected chi connectivity index (χ3v) is 5.96. The number of amides is 1. The second-order valence-corrected chi connectivity index (χ2v) is 8.66. The lowest BCUT2D eigenvalue weighted by molar-refractivity contribution is 0.0954. The molecule has 166 valence electrons. The van der Waals surface area contributed by atoms with Gasteiger partial charge in [-0.2, -0.15) is 10.2 Å². The zero-order valence-corrected chi connectivity index (χ0v) is 19.4. The van der Waals surface area contributed by atoms with E-state index in [4.69, 9.17) is 5.10 Å². The summed E-state index contributed by atoms with van der Waals surface area (Å²) in [5, 5.41) is 9.40. The van der Waals surface area contributed by atoms with Crippen LogP contribution >= 0.6 is 0 Å². The standard InChI is InChI=1S/C28H28N4O/c1-20-15-17-22(18-16-20)25-19-26(32(31-25)24-13-9-6-10-14-24)28(3,4)21(2)29-30-27(33)23-11-7-5-8-12-23/h5-19H,1-4H3,(H,30,33)/b29-21+. The monoisotopic (exact) mass is 436 g/mol. The first-order chi connectivity index (χ1) is 15.9. The topological polar surface area (TPSA) is 59.3 Å². The number of nitrogens with zero attached hydrogens (tertiary/aromatic N) is 3. The van der Waals surface area contributed by atoms with Crippen LogP contribution in [0.15, 0.2) is 96.1 Å². The predicted molar refractivity (Wildman–Crippen MR) is 134 cm³/mol. The van der Waals surface area contributed by atoms with E-state index in [1.165, 1.54) is 5.56 Å². The van der Waals surface area contributed by atoms with E-state index < -0.39 is 5.41 Å². The van der Waals surface area contributed by atoms with Crippen molar-refractivity contribution in [2.24, 2.45) is 5.10 Å². The molecule has 0 aliphatic heterocycles. The first-order valence-electron chi connectivity index (χ1n) is 11.0. The van der Waals surface area contributed by atoms with Crippen LogP contribution in [0.2, 0.25) is 0 Å². The first-order valence-corrected chi connectivity index (χ1v) is 11.0. The molecule has 0 spiro atoms. The van der Waals surface area contributed by atoms with Gasteiger partial charge in [0, 0.05) is 22.3 Å². The van der Waals surface area contributed by atoms with E-state index >= 15 is 0 Å². The fourth-order valence-corrected chi connectivity index (χ4v) is 3.57. The van der Waals surface area contributed by atoms with Crippen molar-refractivity contribution in [3.05, 3.63) is 108 Å². The Morgan fingerprint density at radius 2 is 1.52 bits per heavy atom. The number of nitrogens with one attached hydrogen (secondary N) is 1. The zero-order chi connectivity index (χ0) is 23.4. The van der Waals surface area contributed by atoms with Gasteiger partial charge in [0.25, 0.3) is 5.91 Å². The highest BCUT2D eigenvalue weighted by Crippen LogP contribution is 2.31. The fourth-order valence-electron chi connectivity index (χ4n) is 3.57. The fraction of sp³-hybridized carbons (Fsp3) is 0.179. The minimum atomic E-state index is -0.490. The molecular formula is C28H28N4O. The van der Waals surface area contributed by atoms with E-state index in [9.17, 15) is 4.79 Å². The Bertz CT molecular complexity index is 1270. The molecule has 0 radical (unpaired) electrons. The van der Waals surface area contributed by atoms with E-state index in [1.54, 1.807) is 12.1 Å². The Morgan fingerprint density at radius 3 is 2.15 bits per heavy atom. The molecule has 0 bridgehead atoms. The van der Waals surface area contributed by atoms with Crippen molar-refractivity contribution in [3.8, 4) is 16.9 Å². The number of rotatable bonds is 6. The molecule has 1 aromatic heterocycles. The van der Waals surface area contributed by atoms with Gasteiger partial charge in [0.05, 0.1) is 17.1 Å². The molecule has 5 heteroatoms. The molecule has 0 saturated heterocycles. The van der Waals surface area contributed by atoms with Gasteiger partial charge in [-0.25, -0.2) is 10.1 Å². The van der Waals surface area contributed by atoms with Crippen molar-refractivity contribution in [3.63, 3.8) is 0 Å². The Hall–Kier alpha value is -3.99. The van der Waals surface area contributed by atoms with E-state index in [2.05, 4.69) is 61.6 Å². The molecule has 0 unspecified atom stereocenters. The lowest BCUT2D eigenvalue weighted by Crippen LogP contribution is -2.32. The third-order valence-electron chi connectivity index (χ3n) is 5.96. The predicted octanol–water partition coefficient (Wildman–Crippen LogP) is 5.93. The molecule has 0 fully saturated rings. The molecule has 5 nitrogen and oxygen atoms in total. The molecule has 1 heterocycles. The number of hydrogen-bond donors (Lipinski definition) is 1. The van der Waals surface area contributed by atoms with Gasteiger partial charge in [-0.1, -0.05) is 66.2 Å². The van der Waals surface area contributed by atoms with Gasteiger partial charge in [0.2, 0.25) is 0 Å². The molecule has 4 aromatic rings. The van der Waals surface area contributed by atoms with Crippen LogP contribution in [0.5, 0.6) is 0 Å². The normalized spacial score (nSPS) is 11.9. The van der Waals surface area contributed by atoms with Crippen LogP contribution in [0.4, 0.5) is 0 Å². The number of carbonyl (C=O) groups is 1. The molecule has 1 amide bonds. The number of carbonyl (C=O) groups excluding carboxylic acids is 1. The number of hydrazone groups is 1. The minimum absolute atomic E-state index is 0.234. The average Bonchev–Trinajstić information content (AvgIpc) is 3.30. The number of benzene rings is 3. The van der Waals surface area contributed by atoms with E-state index in [0.29, 0.717) is 5.56 Å². The Kier molecular flexibility index (Phi) is 6.22. The largest absolute Gasteiger partial charge is 0.271 e. The second-order valence-electron chi connectivity index (χ2n) is 8.66. The highest BCUT2D eigenvalue weighted by Gasteiger charge is 2.30. The molecule has 0 aliphatic carbocycles. The van der Waals surface area contributed by atoms with Crippen LogP contribution in [0.25, 0.3) is 16.9 Å². The smallest absolute Gasteiger partial charge is 0.267 e. The van der Waals surface area contributed by atoms with Crippen LogP contribution in [-0.2, 0) is 5.41 Å². The summed E-state index contributed by atoms with van der Waals surface area (Å²) in [6.45, 7) is 8.19. The summed E-state index contributed by atoms with van der Waals surface area (Å²) in [4.78, 5) is 12.5. The number of aryl methyl sites for hydroxylation is 1. The highest BCUT2D eigenvalue weighted by atomic mass is 16.2. The van der Waals surface area contributed by atoms with Crippen molar-refractivity contribution in [1.29, 1.82) is 0 Å². The van der Waals surface area contributed by atoms with E-state index in [-0.39, 0.29) is 5.91 Å². The zero-order valence-electron chi connectivity index (χ0n) is 19.4. The average molecular weight is 437 g/mol.